The van der Waals surface area contributed by atoms with E-state index in [-0.39, 0.29) is 24.2 Å². The summed E-state index contributed by atoms with van der Waals surface area (Å²) in [5, 5.41) is 0.291. The monoisotopic (exact) mass is 285 g/mol. The van der Waals surface area contributed by atoms with Crippen molar-refractivity contribution < 1.29 is 13.5 Å². The molecule has 98 valence electrons. The summed E-state index contributed by atoms with van der Waals surface area (Å²) in [7, 11) is 0. The number of hydrogen-bond acceptors (Lipinski definition) is 2. The second kappa shape index (κ2) is 6.38. The Kier molecular flexibility index (Phi) is 6.16. The first-order chi connectivity index (χ1) is 7.29. The van der Waals surface area contributed by atoms with Crippen molar-refractivity contribution in [2.75, 3.05) is 6.61 Å². The predicted molar refractivity (Wildman–Crippen MR) is 67.4 cm³/mol. The van der Waals surface area contributed by atoms with Gasteiger partial charge in [-0.05, 0) is 24.6 Å². The molecule has 0 bridgehead atoms. The minimum absolute atomic E-state index is 0. The second-order valence-corrected chi connectivity index (χ2v) is 4.24. The third-order valence-electron chi connectivity index (χ3n) is 1.96. The molecular weight excluding hydrogens is 271 g/mol. The Morgan fingerprint density at radius 2 is 2.06 bits per heavy atom. The maximum Gasteiger partial charge on any atom is 0.278 e. The van der Waals surface area contributed by atoms with Crippen LogP contribution in [0.2, 0.25) is 5.02 Å². The van der Waals surface area contributed by atoms with Gasteiger partial charge in [-0.1, -0.05) is 17.7 Å². The lowest BCUT2D eigenvalue weighted by molar-refractivity contribution is -0.0229. The smallest absolute Gasteiger partial charge is 0.278 e. The molecule has 1 unspecified atom stereocenters. The minimum atomic E-state index is -2.87. The van der Waals surface area contributed by atoms with E-state index in [4.69, 9.17) is 22.1 Å². The van der Waals surface area contributed by atoms with Crippen molar-refractivity contribution in [2.24, 2.45) is 5.73 Å². The van der Waals surface area contributed by atoms with Gasteiger partial charge in [0.25, 0.3) is 5.92 Å². The van der Waals surface area contributed by atoms with Crippen molar-refractivity contribution >= 4 is 24.0 Å². The van der Waals surface area contributed by atoms with Crippen LogP contribution in [-0.2, 0) is 0 Å². The third kappa shape index (κ3) is 5.52. The number of halogens is 4. The van der Waals surface area contributed by atoms with E-state index >= 15 is 0 Å². The summed E-state index contributed by atoms with van der Waals surface area (Å²) >= 11 is 5.88. The average Bonchev–Trinajstić information content (AvgIpc) is 2.14. The zero-order valence-electron chi connectivity index (χ0n) is 9.54. The average molecular weight is 286 g/mol. The number of nitrogens with two attached hydrogens (primary N) is 1. The molecule has 2 nitrogen and oxygen atoms in total. The zero-order chi connectivity index (χ0) is 12.3. The lowest BCUT2D eigenvalue weighted by atomic mass is 10.1. The Bertz CT molecular complexity index is 367. The molecule has 0 aromatic heterocycles. The van der Waals surface area contributed by atoms with Crippen molar-refractivity contribution in [2.45, 2.75) is 25.8 Å². The summed E-state index contributed by atoms with van der Waals surface area (Å²) in [6, 6.07) is 4.72. The Balaban J connectivity index is 0.00000256. The zero-order valence-corrected chi connectivity index (χ0v) is 11.1. The first-order valence-electron chi connectivity index (χ1n) is 4.85. The van der Waals surface area contributed by atoms with Crippen LogP contribution in [0.1, 0.15) is 25.5 Å². The third-order valence-corrected chi connectivity index (χ3v) is 2.26. The summed E-state index contributed by atoms with van der Waals surface area (Å²) in [5.41, 5.74) is 6.49. The molecule has 0 aliphatic heterocycles. The van der Waals surface area contributed by atoms with Gasteiger partial charge in [0.1, 0.15) is 5.75 Å². The highest BCUT2D eigenvalue weighted by molar-refractivity contribution is 6.32. The summed E-state index contributed by atoms with van der Waals surface area (Å²) in [4.78, 5) is 0. The first-order valence-corrected chi connectivity index (χ1v) is 5.23. The molecule has 0 amide bonds. The number of alkyl halides is 2. The molecular formula is C11H15Cl2F2NO. The van der Waals surface area contributed by atoms with E-state index in [1.54, 1.807) is 18.2 Å². The SMILES string of the molecule is CC(N)c1ccc(OCC(C)(F)F)c(Cl)c1.Cl. The molecule has 2 N–H and O–H groups in total. The van der Waals surface area contributed by atoms with E-state index in [9.17, 15) is 8.78 Å². The van der Waals surface area contributed by atoms with Crippen LogP contribution in [0.15, 0.2) is 18.2 Å². The molecule has 1 atom stereocenters. The number of hydrogen-bond donors (Lipinski definition) is 1. The van der Waals surface area contributed by atoms with E-state index in [2.05, 4.69) is 0 Å². The molecule has 17 heavy (non-hydrogen) atoms. The maximum absolute atomic E-state index is 12.6. The topological polar surface area (TPSA) is 35.2 Å². The molecule has 1 aromatic carbocycles. The van der Waals surface area contributed by atoms with Gasteiger partial charge < -0.3 is 10.5 Å². The molecule has 0 heterocycles. The Morgan fingerprint density at radius 3 is 2.47 bits per heavy atom. The van der Waals surface area contributed by atoms with Crippen LogP contribution in [0.25, 0.3) is 0 Å². The molecule has 0 saturated heterocycles. The van der Waals surface area contributed by atoms with Gasteiger partial charge in [0, 0.05) is 13.0 Å². The molecule has 0 aliphatic carbocycles. The number of rotatable bonds is 4. The summed E-state index contributed by atoms with van der Waals surface area (Å²) < 4.78 is 30.0. The van der Waals surface area contributed by atoms with Crippen LogP contribution in [0, 0.1) is 0 Å². The summed E-state index contributed by atoms with van der Waals surface area (Å²) in [6.45, 7) is 1.91. The van der Waals surface area contributed by atoms with Crippen molar-refractivity contribution in [1.29, 1.82) is 0 Å². The standard InChI is InChI=1S/C11H14ClF2NO.ClH/c1-7(15)8-3-4-10(9(12)5-8)16-6-11(2,13)14;/h3-5,7H,6,15H2,1-2H3;1H. The lowest BCUT2D eigenvalue weighted by Crippen LogP contribution is -2.21. The fraction of sp³-hybridized carbons (Fsp3) is 0.455. The minimum Gasteiger partial charge on any atom is -0.486 e. The Labute approximate surface area is 110 Å². The van der Waals surface area contributed by atoms with Gasteiger partial charge in [0.05, 0.1) is 5.02 Å². The second-order valence-electron chi connectivity index (χ2n) is 3.84. The Hall–Kier alpha value is -0.580. The van der Waals surface area contributed by atoms with Gasteiger partial charge in [0.2, 0.25) is 0 Å². The van der Waals surface area contributed by atoms with E-state index in [0.29, 0.717) is 5.02 Å². The van der Waals surface area contributed by atoms with E-state index < -0.39 is 12.5 Å². The van der Waals surface area contributed by atoms with Crippen LogP contribution in [0.5, 0.6) is 5.75 Å². The van der Waals surface area contributed by atoms with E-state index in [0.717, 1.165) is 12.5 Å². The van der Waals surface area contributed by atoms with Crippen molar-refractivity contribution in [3.05, 3.63) is 28.8 Å². The van der Waals surface area contributed by atoms with Crippen molar-refractivity contribution in [1.82, 2.24) is 0 Å². The quantitative estimate of drug-likeness (QED) is 0.913. The molecule has 0 fully saturated rings. The van der Waals surface area contributed by atoms with E-state index in [1.165, 1.54) is 0 Å². The van der Waals surface area contributed by atoms with Gasteiger partial charge in [-0.15, -0.1) is 12.4 Å². The largest absolute Gasteiger partial charge is 0.486 e. The van der Waals surface area contributed by atoms with Crippen LogP contribution < -0.4 is 10.5 Å². The molecule has 0 radical (unpaired) electrons. The fourth-order valence-electron chi connectivity index (χ4n) is 1.12. The molecule has 1 aromatic rings. The molecule has 0 spiro atoms. The van der Waals surface area contributed by atoms with Gasteiger partial charge in [-0.2, -0.15) is 0 Å². The van der Waals surface area contributed by atoms with Crippen LogP contribution in [-0.4, -0.2) is 12.5 Å². The normalized spacial score (nSPS) is 12.8. The van der Waals surface area contributed by atoms with Crippen molar-refractivity contribution in [3.63, 3.8) is 0 Å². The number of ether oxygens (including phenoxy) is 1. The van der Waals surface area contributed by atoms with Gasteiger partial charge in [-0.3, -0.25) is 0 Å². The predicted octanol–water partition coefficient (Wildman–Crippen LogP) is 3.82. The molecule has 1 rings (SSSR count). The molecule has 6 heteroatoms. The Morgan fingerprint density at radius 1 is 1.47 bits per heavy atom. The van der Waals surface area contributed by atoms with E-state index in [1.807, 2.05) is 6.92 Å². The van der Waals surface area contributed by atoms with Crippen LogP contribution in [0.4, 0.5) is 8.78 Å². The van der Waals surface area contributed by atoms with Gasteiger partial charge in [0.15, 0.2) is 6.61 Å². The highest BCUT2D eigenvalue weighted by Gasteiger charge is 2.22. The first kappa shape index (κ1) is 16.4. The lowest BCUT2D eigenvalue weighted by Gasteiger charge is -2.14. The highest BCUT2D eigenvalue weighted by Crippen LogP contribution is 2.28. The van der Waals surface area contributed by atoms with Gasteiger partial charge in [-0.25, -0.2) is 8.78 Å². The van der Waals surface area contributed by atoms with Crippen molar-refractivity contribution in [3.8, 4) is 5.75 Å². The van der Waals surface area contributed by atoms with Crippen LogP contribution >= 0.6 is 24.0 Å². The molecule has 0 saturated carbocycles. The number of benzene rings is 1. The summed E-state index contributed by atoms with van der Waals surface area (Å²) in [5.74, 6) is -2.63. The molecule has 0 aliphatic rings. The maximum atomic E-state index is 12.6. The summed E-state index contributed by atoms with van der Waals surface area (Å²) in [6.07, 6.45) is 0. The van der Waals surface area contributed by atoms with Crippen LogP contribution in [0.3, 0.4) is 0 Å². The highest BCUT2D eigenvalue weighted by atomic mass is 35.5. The van der Waals surface area contributed by atoms with Gasteiger partial charge >= 0.3 is 0 Å². The fourth-order valence-corrected chi connectivity index (χ4v) is 1.37.